The zero-order valence-corrected chi connectivity index (χ0v) is 10.5. The van der Waals surface area contributed by atoms with E-state index in [0.717, 1.165) is 17.0 Å². The van der Waals surface area contributed by atoms with E-state index in [1.807, 2.05) is 54.6 Å². The fraction of sp³-hybridized carbons (Fsp3) is 0.200. The molecule has 18 heavy (non-hydrogen) atoms. The molecule has 0 aliphatic carbocycles. The van der Waals surface area contributed by atoms with Gasteiger partial charge in [0.05, 0.1) is 12.8 Å². The smallest absolute Gasteiger partial charge is 0.141 e. The summed E-state index contributed by atoms with van der Waals surface area (Å²) >= 11 is 0. The first-order chi connectivity index (χ1) is 8.81. The van der Waals surface area contributed by atoms with Gasteiger partial charge in [-0.15, -0.1) is 0 Å². The number of anilines is 1. The predicted octanol–water partition coefficient (Wildman–Crippen LogP) is 2.81. The van der Waals surface area contributed by atoms with Gasteiger partial charge in [-0.2, -0.15) is 0 Å². The summed E-state index contributed by atoms with van der Waals surface area (Å²) in [4.78, 5) is 0. The standard InChI is InChI=1S/C15H18N2O/c1-18-15-10-6-5-9-14(15)17-11-13(16)12-7-3-2-4-8-12/h2-10,13,17H,11,16H2,1H3. The highest BCUT2D eigenvalue weighted by atomic mass is 16.5. The Kier molecular flexibility index (Phi) is 4.20. The van der Waals surface area contributed by atoms with Gasteiger partial charge in [-0.3, -0.25) is 0 Å². The molecule has 0 fully saturated rings. The number of methoxy groups -OCH3 is 1. The van der Waals surface area contributed by atoms with E-state index >= 15 is 0 Å². The van der Waals surface area contributed by atoms with Crippen molar-refractivity contribution in [2.45, 2.75) is 6.04 Å². The second kappa shape index (κ2) is 6.07. The quantitative estimate of drug-likeness (QED) is 0.847. The first-order valence-electron chi connectivity index (χ1n) is 5.98. The van der Waals surface area contributed by atoms with Crippen LogP contribution in [-0.2, 0) is 0 Å². The maximum Gasteiger partial charge on any atom is 0.141 e. The van der Waals surface area contributed by atoms with Crippen molar-refractivity contribution in [3.05, 3.63) is 60.2 Å². The topological polar surface area (TPSA) is 47.3 Å². The minimum absolute atomic E-state index is 0.0314. The van der Waals surface area contributed by atoms with Crippen LogP contribution in [-0.4, -0.2) is 13.7 Å². The lowest BCUT2D eigenvalue weighted by molar-refractivity contribution is 0.416. The predicted molar refractivity (Wildman–Crippen MR) is 74.9 cm³/mol. The van der Waals surface area contributed by atoms with Crippen LogP contribution in [0.15, 0.2) is 54.6 Å². The summed E-state index contributed by atoms with van der Waals surface area (Å²) in [6.07, 6.45) is 0. The first kappa shape index (κ1) is 12.5. The Hall–Kier alpha value is -2.00. The van der Waals surface area contributed by atoms with E-state index < -0.39 is 0 Å². The van der Waals surface area contributed by atoms with Crippen molar-refractivity contribution in [2.75, 3.05) is 19.0 Å². The van der Waals surface area contributed by atoms with Gasteiger partial charge in [-0.1, -0.05) is 42.5 Å². The zero-order chi connectivity index (χ0) is 12.8. The molecule has 0 heterocycles. The van der Waals surface area contributed by atoms with Crippen molar-refractivity contribution < 1.29 is 4.74 Å². The van der Waals surface area contributed by atoms with Gasteiger partial charge in [0, 0.05) is 12.6 Å². The van der Waals surface area contributed by atoms with Crippen molar-refractivity contribution >= 4 is 5.69 Å². The van der Waals surface area contributed by atoms with E-state index in [2.05, 4.69) is 5.32 Å². The SMILES string of the molecule is COc1ccccc1NCC(N)c1ccccc1. The molecule has 0 saturated carbocycles. The van der Waals surface area contributed by atoms with Crippen LogP contribution in [0.2, 0.25) is 0 Å². The van der Waals surface area contributed by atoms with Gasteiger partial charge >= 0.3 is 0 Å². The molecule has 0 saturated heterocycles. The maximum atomic E-state index is 6.13. The molecule has 2 rings (SSSR count). The molecule has 1 unspecified atom stereocenters. The van der Waals surface area contributed by atoms with Gasteiger partial charge in [0.15, 0.2) is 0 Å². The third-order valence-electron chi connectivity index (χ3n) is 2.85. The minimum Gasteiger partial charge on any atom is -0.495 e. The molecule has 94 valence electrons. The molecule has 0 aromatic heterocycles. The van der Waals surface area contributed by atoms with E-state index in [1.54, 1.807) is 7.11 Å². The number of para-hydroxylation sites is 2. The van der Waals surface area contributed by atoms with Gasteiger partial charge in [0.25, 0.3) is 0 Å². The maximum absolute atomic E-state index is 6.13. The summed E-state index contributed by atoms with van der Waals surface area (Å²) in [5.41, 5.74) is 8.22. The lowest BCUT2D eigenvalue weighted by Gasteiger charge is -2.15. The molecule has 3 nitrogen and oxygen atoms in total. The fourth-order valence-electron chi connectivity index (χ4n) is 1.83. The largest absolute Gasteiger partial charge is 0.495 e. The van der Waals surface area contributed by atoms with Crippen molar-refractivity contribution in [2.24, 2.45) is 5.73 Å². The first-order valence-corrected chi connectivity index (χ1v) is 5.98. The van der Waals surface area contributed by atoms with Crippen LogP contribution >= 0.6 is 0 Å². The molecule has 0 spiro atoms. The van der Waals surface area contributed by atoms with Crippen LogP contribution in [0.4, 0.5) is 5.69 Å². The molecule has 0 radical (unpaired) electrons. The van der Waals surface area contributed by atoms with Crippen molar-refractivity contribution in [1.29, 1.82) is 0 Å². The lowest BCUT2D eigenvalue weighted by atomic mass is 10.1. The average molecular weight is 242 g/mol. The van der Waals surface area contributed by atoms with E-state index in [-0.39, 0.29) is 6.04 Å². The Labute approximate surface area is 108 Å². The number of ether oxygens (including phenoxy) is 1. The summed E-state index contributed by atoms with van der Waals surface area (Å²) in [6.45, 7) is 0.671. The van der Waals surface area contributed by atoms with E-state index in [1.165, 1.54) is 0 Å². The van der Waals surface area contributed by atoms with Crippen LogP contribution < -0.4 is 15.8 Å². The molecule has 2 aromatic rings. The molecule has 2 aromatic carbocycles. The number of nitrogens with one attached hydrogen (secondary N) is 1. The summed E-state index contributed by atoms with van der Waals surface area (Å²) < 4.78 is 5.28. The highest BCUT2D eigenvalue weighted by molar-refractivity contribution is 5.56. The van der Waals surface area contributed by atoms with Gasteiger partial charge < -0.3 is 15.8 Å². The third-order valence-corrected chi connectivity index (χ3v) is 2.85. The van der Waals surface area contributed by atoms with E-state index in [4.69, 9.17) is 10.5 Å². The van der Waals surface area contributed by atoms with Crippen molar-refractivity contribution in [1.82, 2.24) is 0 Å². The van der Waals surface area contributed by atoms with Crippen molar-refractivity contribution in [3.63, 3.8) is 0 Å². The number of rotatable bonds is 5. The number of nitrogens with two attached hydrogens (primary N) is 1. The van der Waals surface area contributed by atoms with Gasteiger partial charge in [-0.05, 0) is 17.7 Å². The highest BCUT2D eigenvalue weighted by Crippen LogP contribution is 2.23. The summed E-state index contributed by atoms with van der Waals surface area (Å²) in [5, 5.41) is 3.31. The molecule has 1 atom stereocenters. The second-order valence-electron chi connectivity index (χ2n) is 4.10. The number of hydrogen-bond donors (Lipinski definition) is 2. The summed E-state index contributed by atoms with van der Waals surface area (Å²) in [6, 6.07) is 17.9. The molecule has 3 heteroatoms. The van der Waals surface area contributed by atoms with Crippen LogP contribution in [0.3, 0.4) is 0 Å². The molecule has 0 amide bonds. The fourth-order valence-corrected chi connectivity index (χ4v) is 1.83. The lowest BCUT2D eigenvalue weighted by Crippen LogP contribution is -2.20. The molecule has 3 N–H and O–H groups in total. The van der Waals surface area contributed by atoms with E-state index in [0.29, 0.717) is 6.54 Å². The van der Waals surface area contributed by atoms with Gasteiger partial charge in [-0.25, -0.2) is 0 Å². The summed E-state index contributed by atoms with van der Waals surface area (Å²) in [5.74, 6) is 0.831. The molecular formula is C15H18N2O. The van der Waals surface area contributed by atoms with Crippen LogP contribution in [0, 0.1) is 0 Å². The van der Waals surface area contributed by atoms with Crippen LogP contribution in [0.5, 0.6) is 5.75 Å². The van der Waals surface area contributed by atoms with Crippen LogP contribution in [0.1, 0.15) is 11.6 Å². The second-order valence-corrected chi connectivity index (χ2v) is 4.10. The molecular weight excluding hydrogens is 224 g/mol. The summed E-state index contributed by atoms with van der Waals surface area (Å²) in [7, 11) is 1.66. The molecule has 0 bridgehead atoms. The zero-order valence-electron chi connectivity index (χ0n) is 10.5. The Bertz CT molecular complexity index is 485. The van der Waals surface area contributed by atoms with Crippen LogP contribution in [0.25, 0.3) is 0 Å². The van der Waals surface area contributed by atoms with Crippen molar-refractivity contribution in [3.8, 4) is 5.75 Å². The van der Waals surface area contributed by atoms with Gasteiger partial charge in [0.2, 0.25) is 0 Å². The average Bonchev–Trinajstić information content (AvgIpc) is 2.46. The number of hydrogen-bond acceptors (Lipinski definition) is 3. The number of benzene rings is 2. The molecule has 0 aliphatic heterocycles. The minimum atomic E-state index is -0.0314. The third kappa shape index (κ3) is 3.02. The normalized spacial score (nSPS) is 11.9. The van der Waals surface area contributed by atoms with E-state index in [9.17, 15) is 0 Å². The Morgan fingerprint density at radius 2 is 1.72 bits per heavy atom. The monoisotopic (exact) mass is 242 g/mol. The van der Waals surface area contributed by atoms with Gasteiger partial charge in [0.1, 0.15) is 5.75 Å². The highest BCUT2D eigenvalue weighted by Gasteiger charge is 2.06. The Morgan fingerprint density at radius 3 is 2.44 bits per heavy atom. The Morgan fingerprint density at radius 1 is 1.06 bits per heavy atom. The molecule has 0 aliphatic rings. The Balaban J connectivity index is 1.99.